The number of hydrogen-bond donors (Lipinski definition) is 1. The van der Waals surface area contributed by atoms with Gasteiger partial charge in [0.2, 0.25) is 5.13 Å². The molecule has 0 spiro atoms. The molecule has 1 unspecified atom stereocenters. The van der Waals surface area contributed by atoms with E-state index in [1.165, 1.54) is 34.2 Å². The van der Waals surface area contributed by atoms with Gasteiger partial charge >= 0.3 is 0 Å². The molecule has 0 saturated carbocycles. The first-order chi connectivity index (χ1) is 12.2. The van der Waals surface area contributed by atoms with Gasteiger partial charge in [-0.2, -0.15) is 5.26 Å². The van der Waals surface area contributed by atoms with Crippen LogP contribution in [0.5, 0.6) is 0 Å². The third kappa shape index (κ3) is 5.31. The number of hydrogen-bond acceptors (Lipinski definition) is 6. The molecule has 0 aliphatic rings. The summed E-state index contributed by atoms with van der Waals surface area (Å²) in [5.74, 6) is 0. The number of rotatable bonds is 7. The van der Waals surface area contributed by atoms with Crippen molar-refractivity contribution >= 4 is 28.2 Å². The molecule has 0 aliphatic heterocycles. The smallest absolute Gasteiger partial charge is 0.206 e. The first-order valence-electron chi connectivity index (χ1n) is 7.96. The number of nitrogens with one attached hydrogen (secondary N) is 1. The lowest BCUT2D eigenvalue weighted by molar-refractivity contribution is 0.980. The molecule has 1 aromatic heterocycles. The molecule has 1 heterocycles. The second-order valence-electron chi connectivity index (χ2n) is 5.64. The normalized spacial score (nSPS) is 11.7. The van der Waals surface area contributed by atoms with Crippen LogP contribution in [0.25, 0.3) is 0 Å². The number of aryl methyl sites for hydroxylation is 1. The molecular weight excluding hydrogens is 348 g/mol. The van der Waals surface area contributed by atoms with Gasteiger partial charge in [0.15, 0.2) is 4.34 Å². The van der Waals surface area contributed by atoms with Gasteiger partial charge in [0.1, 0.15) is 5.25 Å². The fraction of sp³-hybridized carbons (Fsp3) is 0.211. The van der Waals surface area contributed by atoms with Gasteiger partial charge in [-0.25, -0.2) is 0 Å². The average molecular weight is 367 g/mol. The molecule has 6 heteroatoms. The van der Waals surface area contributed by atoms with Crippen LogP contribution in [0.2, 0.25) is 0 Å². The SMILES string of the molecule is Cc1ccc(CC(C#N)Sc2nnc(NCc3ccccc3)s2)cc1. The maximum absolute atomic E-state index is 9.43. The molecule has 1 N–H and O–H groups in total. The van der Waals surface area contributed by atoms with Crippen molar-refractivity contribution in [2.45, 2.75) is 29.5 Å². The largest absolute Gasteiger partial charge is 0.356 e. The summed E-state index contributed by atoms with van der Waals surface area (Å²) < 4.78 is 0.814. The highest BCUT2D eigenvalue weighted by atomic mass is 32.2. The Morgan fingerprint density at radius 3 is 2.56 bits per heavy atom. The van der Waals surface area contributed by atoms with E-state index >= 15 is 0 Å². The molecule has 3 aromatic rings. The van der Waals surface area contributed by atoms with Crippen molar-refractivity contribution in [3.05, 3.63) is 71.3 Å². The molecule has 4 nitrogen and oxygen atoms in total. The van der Waals surface area contributed by atoms with Crippen molar-refractivity contribution in [2.75, 3.05) is 5.32 Å². The monoisotopic (exact) mass is 366 g/mol. The molecule has 126 valence electrons. The number of thioether (sulfide) groups is 1. The molecule has 0 bridgehead atoms. The third-order valence-corrected chi connectivity index (χ3v) is 5.68. The number of nitriles is 1. The van der Waals surface area contributed by atoms with Crippen molar-refractivity contribution in [1.29, 1.82) is 5.26 Å². The molecule has 0 saturated heterocycles. The second kappa shape index (κ2) is 8.65. The van der Waals surface area contributed by atoms with Gasteiger partial charge in [-0.1, -0.05) is 83.3 Å². The summed E-state index contributed by atoms with van der Waals surface area (Å²) in [6, 6.07) is 20.8. The lowest BCUT2D eigenvalue weighted by Crippen LogP contribution is -2.03. The molecular formula is C19H18N4S2. The van der Waals surface area contributed by atoms with E-state index in [0.29, 0.717) is 13.0 Å². The predicted molar refractivity (Wildman–Crippen MR) is 104 cm³/mol. The second-order valence-corrected chi connectivity index (χ2v) is 8.06. The van der Waals surface area contributed by atoms with Crippen molar-refractivity contribution < 1.29 is 0 Å². The van der Waals surface area contributed by atoms with Gasteiger partial charge in [0.25, 0.3) is 0 Å². The van der Waals surface area contributed by atoms with Crippen LogP contribution in [0, 0.1) is 18.3 Å². The first kappa shape index (κ1) is 17.5. The number of nitrogens with zero attached hydrogens (tertiary/aromatic N) is 3. The fourth-order valence-corrected chi connectivity index (χ4v) is 4.19. The maximum atomic E-state index is 9.43. The lowest BCUT2D eigenvalue weighted by Gasteiger charge is -2.06. The zero-order chi connectivity index (χ0) is 17.5. The van der Waals surface area contributed by atoms with Crippen molar-refractivity contribution in [3.63, 3.8) is 0 Å². The van der Waals surface area contributed by atoms with Crippen LogP contribution in [0.1, 0.15) is 16.7 Å². The zero-order valence-corrected chi connectivity index (χ0v) is 15.5. The summed E-state index contributed by atoms with van der Waals surface area (Å²) >= 11 is 2.96. The van der Waals surface area contributed by atoms with E-state index in [9.17, 15) is 5.26 Å². The van der Waals surface area contributed by atoms with Gasteiger partial charge in [-0.05, 0) is 24.5 Å². The highest BCUT2D eigenvalue weighted by Crippen LogP contribution is 2.30. The summed E-state index contributed by atoms with van der Waals surface area (Å²) in [4.78, 5) is 0. The number of benzene rings is 2. The predicted octanol–water partition coefficient (Wildman–Crippen LogP) is 4.69. The van der Waals surface area contributed by atoms with Gasteiger partial charge < -0.3 is 5.32 Å². The van der Waals surface area contributed by atoms with E-state index in [4.69, 9.17) is 0 Å². The van der Waals surface area contributed by atoms with E-state index < -0.39 is 0 Å². The minimum absolute atomic E-state index is 0.169. The Hall–Kier alpha value is -2.36. The van der Waals surface area contributed by atoms with Crippen LogP contribution in [0.4, 0.5) is 5.13 Å². The summed E-state index contributed by atoms with van der Waals surface area (Å²) in [7, 11) is 0. The minimum Gasteiger partial charge on any atom is -0.356 e. The standard InChI is InChI=1S/C19H18N4S2/c1-14-7-9-15(10-8-14)11-17(12-20)24-19-23-22-18(25-19)21-13-16-5-3-2-4-6-16/h2-10,17H,11,13H2,1H3,(H,21,22). The quantitative estimate of drug-likeness (QED) is 0.615. The summed E-state index contributed by atoms with van der Waals surface area (Å²) in [5, 5.41) is 21.7. The number of aromatic nitrogens is 2. The van der Waals surface area contributed by atoms with Crippen LogP contribution in [-0.4, -0.2) is 15.4 Å². The van der Waals surface area contributed by atoms with E-state index in [1.807, 2.05) is 18.2 Å². The van der Waals surface area contributed by atoms with Crippen LogP contribution in [0.3, 0.4) is 0 Å². The molecule has 0 radical (unpaired) electrons. The van der Waals surface area contributed by atoms with Gasteiger partial charge in [-0.15, -0.1) is 10.2 Å². The van der Waals surface area contributed by atoms with Gasteiger partial charge in [0, 0.05) is 6.54 Å². The fourth-order valence-electron chi connectivity index (χ4n) is 2.28. The average Bonchev–Trinajstić information content (AvgIpc) is 3.09. The third-order valence-electron chi connectivity index (χ3n) is 3.62. The molecule has 25 heavy (non-hydrogen) atoms. The minimum atomic E-state index is -0.169. The highest BCUT2D eigenvalue weighted by Gasteiger charge is 2.14. The Morgan fingerprint density at radius 1 is 1.08 bits per heavy atom. The number of anilines is 1. The molecule has 1 atom stereocenters. The molecule has 0 amide bonds. The molecule has 0 fully saturated rings. The Kier molecular flexibility index (Phi) is 6.04. The Labute approximate surface area is 155 Å². The molecule has 3 rings (SSSR count). The summed E-state index contributed by atoms with van der Waals surface area (Å²) in [6.45, 7) is 2.77. The Bertz CT molecular complexity index is 838. The molecule has 2 aromatic carbocycles. The lowest BCUT2D eigenvalue weighted by atomic mass is 10.1. The van der Waals surface area contributed by atoms with Crippen LogP contribution < -0.4 is 5.32 Å². The van der Waals surface area contributed by atoms with Crippen LogP contribution in [-0.2, 0) is 13.0 Å². The topological polar surface area (TPSA) is 61.6 Å². The first-order valence-corrected chi connectivity index (χ1v) is 9.65. The van der Waals surface area contributed by atoms with Crippen LogP contribution >= 0.6 is 23.1 Å². The summed E-state index contributed by atoms with van der Waals surface area (Å²) in [5.41, 5.74) is 3.58. The molecule has 0 aliphatic carbocycles. The zero-order valence-electron chi connectivity index (χ0n) is 13.8. The Balaban J connectivity index is 1.56. The van der Waals surface area contributed by atoms with Crippen molar-refractivity contribution in [2.24, 2.45) is 0 Å². The van der Waals surface area contributed by atoms with E-state index in [0.717, 1.165) is 15.0 Å². The van der Waals surface area contributed by atoms with Crippen molar-refractivity contribution in [1.82, 2.24) is 10.2 Å². The summed E-state index contributed by atoms with van der Waals surface area (Å²) in [6.07, 6.45) is 0.702. The van der Waals surface area contributed by atoms with Crippen LogP contribution in [0.15, 0.2) is 58.9 Å². The van der Waals surface area contributed by atoms with E-state index in [2.05, 4.69) is 64.9 Å². The maximum Gasteiger partial charge on any atom is 0.206 e. The van der Waals surface area contributed by atoms with Gasteiger partial charge in [-0.3, -0.25) is 0 Å². The van der Waals surface area contributed by atoms with Crippen molar-refractivity contribution in [3.8, 4) is 6.07 Å². The van der Waals surface area contributed by atoms with E-state index in [-0.39, 0.29) is 5.25 Å². The van der Waals surface area contributed by atoms with Gasteiger partial charge in [0.05, 0.1) is 6.07 Å². The van der Waals surface area contributed by atoms with E-state index in [1.54, 1.807) is 0 Å². The highest BCUT2D eigenvalue weighted by molar-refractivity contribution is 8.01. The Morgan fingerprint density at radius 2 is 1.84 bits per heavy atom.